The summed E-state index contributed by atoms with van der Waals surface area (Å²) in [6.45, 7) is 9.36. The molecule has 0 aromatic rings. The summed E-state index contributed by atoms with van der Waals surface area (Å²) in [4.78, 5) is 0. The minimum absolute atomic E-state index is 0.844. The van der Waals surface area contributed by atoms with Crippen LogP contribution in [0.2, 0.25) is 0 Å². The maximum atomic E-state index is 5.14. The first-order chi connectivity index (χ1) is 4.83. The lowest BCUT2D eigenvalue weighted by atomic mass is 10.3. The Labute approximate surface area is 65.2 Å². The van der Waals surface area contributed by atoms with Crippen molar-refractivity contribution >= 4 is 0 Å². The van der Waals surface area contributed by atoms with Gasteiger partial charge in [-0.25, -0.2) is 0 Å². The average molecular weight is 146 g/mol. The van der Waals surface area contributed by atoms with E-state index in [9.17, 15) is 0 Å². The zero-order valence-corrected chi connectivity index (χ0v) is 7.61. The Bertz CT molecular complexity index is 28.2. The highest BCUT2D eigenvalue weighted by Crippen LogP contribution is 1.77. The summed E-state index contributed by atoms with van der Waals surface area (Å²) in [6, 6.07) is 0. The van der Waals surface area contributed by atoms with Crippen LogP contribution in [0.25, 0.3) is 0 Å². The molecule has 0 amide bonds. The van der Waals surface area contributed by atoms with Crippen molar-refractivity contribution in [2.24, 2.45) is 5.73 Å². The standard InChI is InChI=1S/2C4H11N/c1-3-5-4-2;1-2-3-4-5/h5H,3-4H2,1-2H3;2-5H2,1H3. The molecule has 0 spiro atoms. The van der Waals surface area contributed by atoms with Crippen molar-refractivity contribution in [3.05, 3.63) is 0 Å². The molecule has 3 N–H and O–H groups in total. The van der Waals surface area contributed by atoms with Crippen molar-refractivity contribution in [3.63, 3.8) is 0 Å². The molecule has 0 atom stereocenters. The topological polar surface area (TPSA) is 38.0 Å². The van der Waals surface area contributed by atoms with Crippen LogP contribution in [0.5, 0.6) is 0 Å². The molecular weight excluding hydrogens is 124 g/mol. The van der Waals surface area contributed by atoms with E-state index < -0.39 is 0 Å². The van der Waals surface area contributed by atoms with E-state index in [1.54, 1.807) is 0 Å². The molecule has 0 aromatic carbocycles. The Hall–Kier alpha value is -0.0800. The molecule has 64 valence electrons. The fraction of sp³-hybridized carbons (Fsp3) is 1.00. The molecule has 0 unspecified atom stereocenters. The largest absolute Gasteiger partial charge is 0.330 e. The highest BCUT2D eigenvalue weighted by atomic mass is 14.8. The first kappa shape index (κ1) is 12.6. The third kappa shape index (κ3) is 24.7. The van der Waals surface area contributed by atoms with Gasteiger partial charge in [-0.2, -0.15) is 0 Å². The van der Waals surface area contributed by atoms with Gasteiger partial charge < -0.3 is 11.1 Å². The van der Waals surface area contributed by atoms with Crippen molar-refractivity contribution < 1.29 is 0 Å². The van der Waals surface area contributed by atoms with Crippen LogP contribution in [0.15, 0.2) is 0 Å². The lowest BCUT2D eigenvalue weighted by Crippen LogP contribution is -2.09. The predicted octanol–water partition coefficient (Wildman–Crippen LogP) is 1.36. The van der Waals surface area contributed by atoms with E-state index in [1.807, 2.05) is 0 Å². The zero-order valence-electron chi connectivity index (χ0n) is 7.61. The average Bonchev–Trinajstić information content (AvgIpc) is 1.93. The van der Waals surface area contributed by atoms with E-state index in [2.05, 4.69) is 26.1 Å². The summed E-state index contributed by atoms with van der Waals surface area (Å²) in [7, 11) is 0. The molecule has 10 heavy (non-hydrogen) atoms. The third-order valence-corrected chi connectivity index (χ3v) is 1.06. The fourth-order valence-electron chi connectivity index (χ4n) is 0.454. The Morgan fingerprint density at radius 1 is 1.10 bits per heavy atom. The van der Waals surface area contributed by atoms with E-state index >= 15 is 0 Å². The summed E-state index contributed by atoms with van der Waals surface area (Å²) >= 11 is 0. The van der Waals surface area contributed by atoms with Crippen LogP contribution in [0.3, 0.4) is 0 Å². The van der Waals surface area contributed by atoms with E-state index in [-0.39, 0.29) is 0 Å². The minimum atomic E-state index is 0.844. The molecule has 2 heteroatoms. The highest BCUT2D eigenvalue weighted by Gasteiger charge is 1.68. The first-order valence-corrected chi connectivity index (χ1v) is 4.24. The van der Waals surface area contributed by atoms with Gasteiger partial charge in [0.2, 0.25) is 0 Å². The van der Waals surface area contributed by atoms with Gasteiger partial charge in [0.1, 0.15) is 0 Å². The monoisotopic (exact) mass is 146 g/mol. The Balaban J connectivity index is 0. The second-order valence-corrected chi connectivity index (χ2v) is 2.10. The van der Waals surface area contributed by atoms with Crippen LogP contribution in [-0.2, 0) is 0 Å². The summed E-state index contributed by atoms with van der Waals surface area (Å²) in [5.41, 5.74) is 5.14. The number of nitrogens with one attached hydrogen (secondary N) is 1. The van der Waals surface area contributed by atoms with E-state index in [0.717, 1.165) is 19.6 Å². The second kappa shape index (κ2) is 16.0. The van der Waals surface area contributed by atoms with Gasteiger partial charge in [0.15, 0.2) is 0 Å². The number of nitrogens with two attached hydrogens (primary N) is 1. The smallest absolute Gasteiger partial charge is 0.00774 e. The third-order valence-electron chi connectivity index (χ3n) is 1.06. The molecule has 2 nitrogen and oxygen atoms in total. The fourth-order valence-corrected chi connectivity index (χ4v) is 0.454. The van der Waals surface area contributed by atoms with Crippen molar-refractivity contribution in [1.29, 1.82) is 0 Å². The summed E-state index contributed by atoms with van der Waals surface area (Å²) in [5, 5.41) is 3.11. The zero-order chi connectivity index (χ0) is 8.24. The first-order valence-electron chi connectivity index (χ1n) is 4.24. The van der Waals surface area contributed by atoms with Gasteiger partial charge in [0, 0.05) is 0 Å². The maximum absolute atomic E-state index is 5.14. The van der Waals surface area contributed by atoms with E-state index in [1.165, 1.54) is 12.8 Å². The summed E-state index contributed by atoms with van der Waals surface area (Å²) in [6.07, 6.45) is 2.39. The van der Waals surface area contributed by atoms with E-state index in [0.29, 0.717) is 0 Å². The molecule has 0 radical (unpaired) electrons. The minimum Gasteiger partial charge on any atom is -0.330 e. The van der Waals surface area contributed by atoms with Crippen molar-refractivity contribution in [3.8, 4) is 0 Å². The Morgan fingerprint density at radius 2 is 1.60 bits per heavy atom. The molecule has 0 aliphatic heterocycles. The van der Waals surface area contributed by atoms with Gasteiger partial charge in [-0.05, 0) is 26.1 Å². The molecule has 0 saturated carbocycles. The van der Waals surface area contributed by atoms with Gasteiger partial charge >= 0.3 is 0 Å². The lowest BCUT2D eigenvalue weighted by Gasteiger charge is -1.86. The van der Waals surface area contributed by atoms with Gasteiger partial charge in [0.05, 0.1) is 0 Å². The second-order valence-electron chi connectivity index (χ2n) is 2.10. The van der Waals surface area contributed by atoms with Crippen LogP contribution >= 0.6 is 0 Å². The molecular formula is C8H22N2. The number of hydrogen-bond acceptors (Lipinski definition) is 2. The molecule has 0 saturated heterocycles. The van der Waals surface area contributed by atoms with Crippen LogP contribution in [-0.4, -0.2) is 19.6 Å². The highest BCUT2D eigenvalue weighted by molar-refractivity contribution is 4.29. The van der Waals surface area contributed by atoms with Gasteiger partial charge in [-0.15, -0.1) is 0 Å². The molecule has 0 aliphatic carbocycles. The van der Waals surface area contributed by atoms with Crippen molar-refractivity contribution in [2.45, 2.75) is 33.6 Å². The number of rotatable bonds is 4. The van der Waals surface area contributed by atoms with Crippen LogP contribution in [0, 0.1) is 0 Å². The SMILES string of the molecule is CCCCN.CCNCC. The number of hydrogen-bond donors (Lipinski definition) is 2. The normalized spacial score (nSPS) is 8.40. The van der Waals surface area contributed by atoms with Gasteiger partial charge in [0.25, 0.3) is 0 Å². The molecule has 0 bridgehead atoms. The van der Waals surface area contributed by atoms with Crippen LogP contribution in [0.4, 0.5) is 0 Å². The molecule has 0 fully saturated rings. The van der Waals surface area contributed by atoms with Crippen molar-refractivity contribution in [1.82, 2.24) is 5.32 Å². The lowest BCUT2D eigenvalue weighted by molar-refractivity contribution is 0.762. The molecule has 0 aliphatic rings. The summed E-state index contributed by atoms with van der Waals surface area (Å²) in [5.74, 6) is 0. The predicted molar refractivity (Wildman–Crippen MR) is 48.2 cm³/mol. The molecule has 0 rings (SSSR count). The number of unbranched alkanes of at least 4 members (excludes halogenated alkanes) is 1. The molecule has 0 heterocycles. The van der Waals surface area contributed by atoms with Crippen LogP contribution in [0.1, 0.15) is 33.6 Å². The van der Waals surface area contributed by atoms with Crippen LogP contribution < -0.4 is 11.1 Å². The Morgan fingerprint density at radius 3 is 1.60 bits per heavy atom. The maximum Gasteiger partial charge on any atom is -0.00774 e. The quantitative estimate of drug-likeness (QED) is 0.628. The van der Waals surface area contributed by atoms with Crippen molar-refractivity contribution in [2.75, 3.05) is 19.6 Å². The van der Waals surface area contributed by atoms with Gasteiger partial charge in [-0.1, -0.05) is 27.2 Å². The van der Waals surface area contributed by atoms with E-state index in [4.69, 9.17) is 5.73 Å². The summed E-state index contributed by atoms with van der Waals surface area (Å²) < 4.78 is 0. The molecule has 0 aromatic heterocycles. The Kier molecular flexibility index (Phi) is 20.1. The van der Waals surface area contributed by atoms with Gasteiger partial charge in [-0.3, -0.25) is 0 Å².